The Kier molecular flexibility index (Phi) is 3.80. The number of hydrogen-bond donors (Lipinski definition) is 1. The molecular formula is C12H23N3S. The van der Waals surface area contributed by atoms with Crippen molar-refractivity contribution in [2.75, 3.05) is 25.9 Å². The third-order valence-corrected chi connectivity index (χ3v) is 4.97. The molecule has 0 radical (unpaired) electrons. The largest absolute Gasteiger partial charge is 0.359 e. The van der Waals surface area contributed by atoms with Crippen LogP contribution in [0.2, 0.25) is 0 Å². The fourth-order valence-electron chi connectivity index (χ4n) is 2.11. The molecule has 0 aliphatic carbocycles. The number of amidine groups is 1. The lowest BCUT2D eigenvalue weighted by Gasteiger charge is -2.27. The summed E-state index contributed by atoms with van der Waals surface area (Å²) >= 11 is 1.89. The summed E-state index contributed by atoms with van der Waals surface area (Å²) in [5.41, 5.74) is 0.273. The topological polar surface area (TPSA) is 27.6 Å². The van der Waals surface area contributed by atoms with E-state index in [0.29, 0.717) is 6.04 Å². The Bertz CT molecular complexity index is 271. The van der Waals surface area contributed by atoms with Gasteiger partial charge in [-0.2, -0.15) is 0 Å². The van der Waals surface area contributed by atoms with Crippen LogP contribution in [-0.2, 0) is 0 Å². The molecule has 0 saturated carbocycles. The summed E-state index contributed by atoms with van der Waals surface area (Å²) in [6, 6.07) is 0.547. The number of rotatable bonds is 2. The summed E-state index contributed by atoms with van der Waals surface area (Å²) in [4.78, 5) is 7.25. The van der Waals surface area contributed by atoms with Crippen LogP contribution in [-0.4, -0.2) is 47.5 Å². The van der Waals surface area contributed by atoms with Gasteiger partial charge in [0.2, 0.25) is 0 Å². The summed E-state index contributed by atoms with van der Waals surface area (Å²) in [5, 5.41) is 4.75. The van der Waals surface area contributed by atoms with Crippen LogP contribution < -0.4 is 5.32 Å². The van der Waals surface area contributed by atoms with E-state index < -0.39 is 0 Å². The second-order valence-corrected chi connectivity index (χ2v) is 6.26. The van der Waals surface area contributed by atoms with Gasteiger partial charge in [0.05, 0.1) is 6.04 Å². The van der Waals surface area contributed by atoms with E-state index in [2.05, 4.69) is 31.1 Å². The van der Waals surface area contributed by atoms with Gasteiger partial charge in [0, 0.05) is 11.3 Å². The van der Waals surface area contributed by atoms with E-state index in [4.69, 9.17) is 4.99 Å². The number of likely N-dealkylation sites (tertiary alicyclic amines) is 1. The number of thioether (sulfide) groups is 1. The molecule has 0 aromatic heterocycles. The SMILES string of the molecule is CCC1(C)CSC(=NC2CCN(C)CC2)N1. The van der Waals surface area contributed by atoms with Gasteiger partial charge < -0.3 is 10.2 Å². The number of nitrogens with zero attached hydrogens (tertiary/aromatic N) is 2. The van der Waals surface area contributed by atoms with Gasteiger partial charge in [-0.15, -0.1) is 0 Å². The molecule has 2 saturated heterocycles. The van der Waals surface area contributed by atoms with Gasteiger partial charge in [-0.1, -0.05) is 18.7 Å². The fourth-order valence-corrected chi connectivity index (χ4v) is 3.38. The zero-order chi connectivity index (χ0) is 11.6. The molecule has 2 heterocycles. The van der Waals surface area contributed by atoms with Crippen molar-refractivity contribution in [3.05, 3.63) is 0 Å². The van der Waals surface area contributed by atoms with E-state index in [0.717, 1.165) is 5.75 Å². The number of piperidine rings is 1. The van der Waals surface area contributed by atoms with Gasteiger partial charge in [-0.05, 0) is 46.3 Å². The van der Waals surface area contributed by atoms with Gasteiger partial charge in [0.25, 0.3) is 0 Å². The summed E-state index contributed by atoms with van der Waals surface area (Å²) in [7, 11) is 2.19. The van der Waals surface area contributed by atoms with Crippen LogP contribution in [0.15, 0.2) is 4.99 Å². The molecule has 2 aliphatic rings. The Morgan fingerprint density at radius 2 is 2.19 bits per heavy atom. The smallest absolute Gasteiger partial charge is 0.157 e. The van der Waals surface area contributed by atoms with E-state index in [9.17, 15) is 0 Å². The number of aliphatic imine (C=N–C) groups is 1. The van der Waals surface area contributed by atoms with Crippen molar-refractivity contribution in [2.45, 2.75) is 44.7 Å². The van der Waals surface area contributed by atoms with Gasteiger partial charge in [0.1, 0.15) is 0 Å². The van der Waals surface area contributed by atoms with E-state index in [1.807, 2.05) is 11.8 Å². The van der Waals surface area contributed by atoms with Crippen molar-refractivity contribution in [1.82, 2.24) is 10.2 Å². The lowest BCUT2D eigenvalue weighted by molar-refractivity contribution is 0.257. The van der Waals surface area contributed by atoms with Crippen LogP contribution in [0.5, 0.6) is 0 Å². The molecule has 4 heteroatoms. The first-order valence-corrected chi connectivity index (χ1v) is 7.27. The molecule has 92 valence electrons. The Morgan fingerprint density at radius 1 is 1.50 bits per heavy atom. The van der Waals surface area contributed by atoms with Crippen molar-refractivity contribution in [1.29, 1.82) is 0 Å². The first-order valence-electron chi connectivity index (χ1n) is 6.28. The Balaban J connectivity index is 1.89. The maximum atomic E-state index is 4.85. The summed E-state index contributed by atoms with van der Waals surface area (Å²) in [6.07, 6.45) is 3.60. The highest BCUT2D eigenvalue weighted by Crippen LogP contribution is 2.26. The molecule has 2 rings (SSSR count). The first-order chi connectivity index (χ1) is 7.61. The molecule has 2 fully saturated rings. The number of hydrogen-bond acceptors (Lipinski definition) is 3. The van der Waals surface area contributed by atoms with E-state index in [1.165, 1.54) is 37.5 Å². The van der Waals surface area contributed by atoms with Crippen LogP contribution in [0.3, 0.4) is 0 Å². The highest BCUT2D eigenvalue weighted by atomic mass is 32.2. The van der Waals surface area contributed by atoms with Crippen molar-refractivity contribution in [2.24, 2.45) is 4.99 Å². The third kappa shape index (κ3) is 2.92. The van der Waals surface area contributed by atoms with Crippen LogP contribution in [0, 0.1) is 0 Å². The highest BCUT2D eigenvalue weighted by Gasteiger charge is 2.31. The minimum absolute atomic E-state index is 0.273. The summed E-state index contributed by atoms with van der Waals surface area (Å²) in [6.45, 7) is 6.91. The quantitative estimate of drug-likeness (QED) is 0.801. The molecule has 2 aliphatic heterocycles. The maximum absolute atomic E-state index is 4.85. The monoisotopic (exact) mass is 241 g/mol. The first kappa shape index (κ1) is 12.2. The van der Waals surface area contributed by atoms with E-state index in [1.54, 1.807) is 0 Å². The normalized spacial score (nSPS) is 35.6. The highest BCUT2D eigenvalue weighted by molar-refractivity contribution is 8.14. The zero-order valence-corrected chi connectivity index (χ0v) is 11.4. The van der Waals surface area contributed by atoms with Crippen molar-refractivity contribution in [3.8, 4) is 0 Å². The van der Waals surface area contributed by atoms with Gasteiger partial charge in [0.15, 0.2) is 5.17 Å². The Morgan fingerprint density at radius 3 is 2.75 bits per heavy atom. The molecule has 0 aromatic rings. The van der Waals surface area contributed by atoms with Crippen LogP contribution in [0.25, 0.3) is 0 Å². The van der Waals surface area contributed by atoms with Gasteiger partial charge in [-0.25, -0.2) is 0 Å². The van der Waals surface area contributed by atoms with Crippen molar-refractivity contribution < 1.29 is 0 Å². The molecule has 1 atom stereocenters. The minimum Gasteiger partial charge on any atom is -0.359 e. The average Bonchev–Trinajstić information content (AvgIpc) is 2.65. The Hall–Kier alpha value is -0.220. The van der Waals surface area contributed by atoms with Gasteiger partial charge >= 0.3 is 0 Å². The van der Waals surface area contributed by atoms with Gasteiger partial charge in [-0.3, -0.25) is 4.99 Å². The molecule has 0 aromatic carbocycles. The van der Waals surface area contributed by atoms with E-state index >= 15 is 0 Å². The average molecular weight is 241 g/mol. The summed E-state index contributed by atoms with van der Waals surface area (Å²) in [5.74, 6) is 1.16. The molecule has 1 N–H and O–H groups in total. The van der Waals surface area contributed by atoms with Crippen LogP contribution in [0.4, 0.5) is 0 Å². The molecule has 3 nitrogen and oxygen atoms in total. The molecule has 0 amide bonds. The van der Waals surface area contributed by atoms with Crippen molar-refractivity contribution in [3.63, 3.8) is 0 Å². The lowest BCUT2D eigenvalue weighted by Crippen LogP contribution is -2.40. The molecule has 16 heavy (non-hydrogen) atoms. The lowest BCUT2D eigenvalue weighted by atomic mass is 10.0. The molecule has 0 bridgehead atoms. The zero-order valence-electron chi connectivity index (χ0n) is 10.6. The predicted molar refractivity (Wildman–Crippen MR) is 72.2 cm³/mol. The molecule has 0 spiro atoms. The Labute approximate surface area is 103 Å². The third-order valence-electron chi connectivity index (χ3n) is 3.70. The number of nitrogens with one attached hydrogen (secondary N) is 1. The molecular weight excluding hydrogens is 218 g/mol. The second kappa shape index (κ2) is 4.96. The van der Waals surface area contributed by atoms with Crippen molar-refractivity contribution >= 4 is 16.9 Å². The standard InChI is InChI=1S/C12H23N3S/c1-4-12(2)9-16-11(14-12)13-10-5-7-15(3)8-6-10/h10H,4-9H2,1-3H3,(H,13,14). The fraction of sp³-hybridized carbons (Fsp3) is 0.917. The van der Waals surface area contributed by atoms with Crippen LogP contribution >= 0.6 is 11.8 Å². The maximum Gasteiger partial charge on any atom is 0.157 e. The predicted octanol–water partition coefficient (Wildman–Crippen LogP) is 1.94. The minimum atomic E-state index is 0.273. The van der Waals surface area contributed by atoms with E-state index in [-0.39, 0.29) is 5.54 Å². The summed E-state index contributed by atoms with van der Waals surface area (Å²) < 4.78 is 0. The van der Waals surface area contributed by atoms with Crippen LogP contribution in [0.1, 0.15) is 33.1 Å². The molecule has 1 unspecified atom stereocenters. The second-order valence-electron chi connectivity index (χ2n) is 5.30.